The quantitative estimate of drug-likeness (QED) is 0.448. The molecule has 0 saturated carbocycles. The minimum absolute atomic E-state index is 0.000531. The second kappa shape index (κ2) is 7.67. The zero-order chi connectivity index (χ0) is 23.3. The van der Waals surface area contributed by atoms with Crippen LogP contribution >= 0.6 is 0 Å². The summed E-state index contributed by atoms with van der Waals surface area (Å²) in [6, 6.07) is 19.3. The highest BCUT2D eigenvalue weighted by molar-refractivity contribution is 6.23. The Morgan fingerprint density at radius 3 is 2.52 bits per heavy atom. The monoisotopic (exact) mass is 440 g/mol. The van der Waals surface area contributed by atoms with Gasteiger partial charge in [0.15, 0.2) is 5.84 Å². The molecule has 1 aliphatic heterocycles. The first-order valence-corrected chi connectivity index (χ1v) is 10.6. The minimum atomic E-state index is -0.339. The summed E-state index contributed by atoms with van der Waals surface area (Å²) in [6.07, 6.45) is 0. The van der Waals surface area contributed by atoms with Crippen LogP contribution in [0.3, 0.4) is 0 Å². The lowest BCUT2D eigenvalue weighted by Gasteiger charge is -2.19. The molecule has 0 atom stereocenters. The molecule has 0 radical (unpaired) electrons. The van der Waals surface area contributed by atoms with Gasteiger partial charge in [0, 0.05) is 24.1 Å². The van der Waals surface area contributed by atoms with Gasteiger partial charge >= 0.3 is 0 Å². The Labute approximate surface area is 190 Å². The second-order valence-corrected chi connectivity index (χ2v) is 8.14. The molecule has 33 heavy (non-hydrogen) atoms. The van der Waals surface area contributed by atoms with Crippen molar-refractivity contribution < 1.29 is 9.90 Å². The smallest absolute Gasteiger partial charge is 0.271 e. The molecule has 0 spiro atoms. The number of carbonyl (C=O) groups is 1. The molecule has 3 N–H and O–H groups in total. The van der Waals surface area contributed by atoms with Crippen LogP contribution in [0.2, 0.25) is 0 Å². The molecule has 166 valence electrons. The van der Waals surface area contributed by atoms with Gasteiger partial charge in [-0.3, -0.25) is 20.6 Å². The number of aromatic nitrogens is 3. The molecule has 4 aromatic rings. The van der Waals surface area contributed by atoms with Crippen molar-refractivity contribution in [2.24, 2.45) is 7.05 Å². The van der Waals surface area contributed by atoms with Gasteiger partial charge in [0.25, 0.3) is 5.91 Å². The molecule has 3 heterocycles. The Hall–Kier alpha value is -4.33. The van der Waals surface area contributed by atoms with E-state index in [-0.39, 0.29) is 24.0 Å². The molecule has 8 nitrogen and oxygen atoms in total. The number of carbonyl (C=O) groups excluding carboxylic acids is 1. The van der Waals surface area contributed by atoms with Crippen LogP contribution in [-0.4, -0.2) is 42.5 Å². The zero-order valence-electron chi connectivity index (χ0n) is 18.6. The van der Waals surface area contributed by atoms with E-state index >= 15 is 0 Å². The van der Waals surface area contributed by atoms with E-state index in [9.17, 15) is 9.90 Å². The molecule has 0 aliphatic carbocycles. The highest BCUT2D eigenvalue weighted by Crippen LogP contribution is 2.28. The van der Waals surface area contributed by atoms with E-state index in [2.05, 4.69) is 10.4 Å². The average molecular weight is 441 g/mol. The van der Waals surface area contributed by atoms with Crippen molar-refractivity contribution in [1.82, 2.24) is 24.6 Å². The third-order valence-electron chi connectivity index (χ3n) is 6.04. The van der Waals surface area contributed by atoms with Gasteiger partial charge in [-0.25, -0.2) is 4.98 Å². The topological polar surface area (TPSA) is 99.2 Å². The third kappa shape index (κ3) is 3.27. The minimum Gasteiger partial charge on any atom is -0.509 e. The van der Waals surface area contributed by atoms with Crippen molar-refractivity contribution in [1.29, 1.82) is 5.41 Å². The van der Waals surface area contributed by atoms with Crippen molar-refractivity contribution in [3.63, 3.8) is 0 Å². The molecule has 0 fully saturated rings. The number of hydrazine groups is 1. The van der Waals surface area contributed by atoms with Gasteiger partial charge in [-0.15, -0.1) is 0 Å². The van der Waals surface area contributed by atoms with Crippen LogP contribution in [0.15, 0.2) is 66.4 Å². The molecule has 2 aromatic heterocycles. The van der Waals surface area contributed by atoms with Gasteiger partial charge in [-0.1, -0.05) is 30.3 Å². The Morgan fingerprint density at radius 1 is 1.09 bits per heavy atom. The molecular weight excluding hydrogens is 416 g/mol. The van der Waals surface area contributed by atoms with Gasteiger partial charge < -0.3 is 14.2 Å². The van der Waals surface area contributed by atoms with Crippen LogP contribution in [0.1, 0.15) is 27.6 Å². The number of para-hydroxylation sites is 3. The predicted molar refractivity (Wildman–Crippen MR) is 127 cm³/mol. The Bertz CT molecular complexity index is 1440. The lowest BCUT2D eigenvalue weighted by Crippen LogP contribution is -2.44. The second-order valence-electron chi connectivity index (χ2n) is 8.14. The first-order chi connectivity index (χ1) is 15.9. The van der Waals surface area contributed by atoms with Gasteiger partial charge in [-0.05, 0) is 44.2 Å². The van der Waals surface area contributed by atoms with Crippen LogP contribution in [0, 0.1) is 19.3 Å². The van der Waals surface area contributed by atoms with E-state index in [1.54, 1.807) is 0 Å². The summed E-state index contributed by atoms with van der Waals surface area (Å²) >= 11 is 0. The number of benzene rings is 2. The van der Waals surface area contributed by atoms with Crippen molar-refractivity contribution >= 4 is 28.3 Å². The number of aryl methyl sites for hydroxylation is 2. The highest BCUT2D eigenvalue weighted by atomic mass is 16.3. The van der Waals surface area contributed by atoms with Gasteiger partial charge in [0.05, 0.1) is 23.1 Å². The maximum atomic E-state index is 13.1. The van der Waals surface area contributed by atoms with Gasteiger partial charge in [-0.2, -0.15) is 0 Å². The molecule has 0 bridgehead atoms. The van der Waals surface area contributed by atoms with Crippen LogP contribution in [0.25, 0.3) is 22.3 Å². The molecule has 1 amide bonds. The van der Waals surface area contributed by atoms with Crippen molar-refractivity contribution in [2.75, 3.05) is 6.54 Å². The van der Waals surface area contributed by atoms with Crippen LogP contribution in [-0.2, 0) is 7.05 Å². The number of aliphatic hydroxyl groups excluding tert-OH is 1. The van der Waals surface area contributed by atoms with Gasteiger partial charge in [0.1, 0.15) is 17.2 Å². The fraction of sp³-hybridized carbons (Fsp3) is 0.160. The maximum Gasteiger partial charge on any atom is 0.271 e. The zero-order valence-corrected chi connectivity index (χ0v) is 18.6. The van der Waals surface area contributed by atoms with Crippen LogP contribution < -0.4 is 5.43 Å². The fourth-order valence-corrected chi connectivity index (χ4v) is 4.43. The summed E-state index contributed by atoms with van der Waals surface area (Å²) in [7, 11) is 1.85. The van der Waals surface area contributed by atoms with E-state index in [0.29, 0.717) is 17.0 Å². The van der Waals surface area contributed by atoms with Crippen molar-refractivity contribution in [3.05, 3.63) is 89.2 Å². The molecule has 2 aromatic carbocycles. The molecular formula is C25H24N6O2. The Kier molecular flexibility index (Phi) is 4.78. The normalized spacial score (nSPS) is 13.9. The lowest BCUT2D eigenvalue weighted by molar-refractivity contribution is 0.0874. The lowest BCUT2D eigenvalue weighted by atomic mass is 10.2. The number of rotatable bonds is 4. The molecule has 1 aliphatic rings. The fourth-order valence-electron chi connectivity index (χ4n) is 4.43. The summed E-state index contributed by atoms with van der Waals surface area (Å²) in [5, 5.41) is 20.6. The Morgan fingerprint density at radius 2 is 1.79 bits per heavy atom. The summed E-state index contributed by atoms with van der Waals surface area (Å²) in [4.78, 5) is 17.7. The summed E-state index contributed by atoms with van der Waals surface area (Å²) in [5.41, 5.74) is 7.99. The van der Waals surface area contributed by atoms with Gasteiger partial charge in [0.2, 0.25) is 0 Å². The number of amidine groups is 1. The average Bonchev–Trinajstić information content (AvgIpc) is 3.39. The SMILES string of the molecule is Cc1cc(C(=O)NN2CC(O)=C(c3nc4ccccc4n3C)C2=N)c(C)n1-c1ccccc1. The van der Waals surface area contributed by atoms with E-state index in [1.165, 1.54) is 5.01 Å². The molecule has 8 heteroatoms. The summed E-state index contributed by atoms with van der Waals surface area (Å²) in [5.74, 6) is 0.136. The number of hydrogen-bond acceptors (Lipinski definition) is 4. The van der Waals surface area contributed by atoms with Crippen molar-refractivity contribution in [3.8, 4) is 5.69 Å². The first kappa shape index (κ1) is 20.6. The summed E-state index contributed by atoms with van der Waals surface area (Å²) in [6.45, 7) is 3.84. The number of imidazole rings is 1. The Balaban J connectivity index is 1.41. The van der Waals surface area contributed by atoms with E-state index in [0.717, 1.165) is 28.1 Å². The number of hydrogen-bond donors (Lipinski definition) is 3. The molecule has 0 unspecified atom stereocenters. The maximum absolute atomic E-state index is 13.1. The number of fused-ring (bicyclic) bond motifs is 1. The number of nitrogens with one attached hydrogen (secondary N) is 2. The molecule has 5 rings (SSSR count). The summed E-state index contributed by atoms with van der Waals surface area (Å²) < 4.78 is 3.86. The predicted octanol–water partition coefficient (Wildman–Crippen LogP) is 3.89. The number of amides is 1. The highest BCUT2D eigenvalue weighted by Gasteiger charge is 2.33. The number of nitrogens with zero attached hydrogens (tertiary/aromatic N) is 4. The van der Waals surface area contributed by atoms with E-state index < -0.39 is 0 Å². The molecule has 0 saturated heterocycles. The number of aliphatic hydroxyl groups is 1. The van der Waals surface area contributed by atoms with Crippen LogP contribution in [0.5, 0.6) is 0 Å². The largest absolute Gasteiger partial charge is 0.509 e. The van der Waals surface area contributed by atoms with E-state index in [4.69, 9.17) is 5.41 Å². The van der Waals surface area contributed by atoms with Crippen LogP contribution in [0.4, 0.5) is 0 Å². The standard InChI is InChI=1S/C25H24N6O2/c1-15-13-18(16(2)31(15)17-9-5-4-6-10-17)25(33)28-30-14-21(32)22(23(30)26)24-27-19-11-7-8-12-20(19)29(24)3/h4-13,26,32H,14H2,1-3H3,(H,28,33). The third-order valence-corrected chi connectivity index (χ3v) is 6.04. The van der Waals surface area contributed by atoms with Crippen molar-refractivity contribution in [2.45, 2.75) is 13.8 Å². The first-order valence-electron chi connectivity index (χ1n) is 10.6. The van der Waals surface area contributed by atoms with E-state index in [1.807, 2.05) is 90.7 Å².